The van der Waals surface area contributed by atoms with Crippen LogP contribution in [-0.4, -0.2) is 52.1 Å². The number of amides is 3. The van der Waals surface area contributed by atoms with E-state index in [9.17, 15) is 14.4 Å². The molecular formula is C26H22N4O3S2. The molecule has 0 aliphatic carbocycles. The zero-order valence-corrected chi connectivity index (χ0v) is 20.7. The molecule has 4 heterocycles. The average Bonchev–Trinajstić information content (AvgIpc) is 3.52. The molecule has 3 amide bonds. The normalized spacial score (nSPS) is 15.5. The summed E-state index contributed by atoms with van der Waals surface area (Å²) in [5, 5.41) is 4.63. The van der Waals surface area contributed by atoms with Gasteiger partial charge in [-0.3, -0.25) is 24.2 Å². The van der Waals surface area contributed by atoms with Gasteiger partial charge in [0.05, 0.1) is 21.3 Å². The summed E-state index contributed by atoms with van der Waals surface area (Å²) in [6.45, 7) is 4.59. The zero-order chi connectivity index (χ0) is 24.1. The van der Waals surface area contributed by atoms with Crippen molar-refractivity contribution in [3.05, 3.63) is 70.1 Å². The van der Waals surface area contributed by atoms with E-state index in [0.29, 0.717) is 11.1 Å². The molecule has 6 rings (SSSR count). The van der Waals surface area contributed by atoms with Crippen LogP contribution < -0.4 is 5.32 Å². The number of benzene rings is 2. The monoisotopic (exact) mass is 502 g/mol. The molecule has 7 nitrogen and oxygen atoms in total. The molecule has 2 aliphatic heterocycles. The van der Waals surface area contributed by atoms with Gasteiger partial charge in [-0.1, -0.05) is 31.2 Å². The number of imide groups is 1. The van der Waals surface area contributed by atoms with Gasteiger partial charge in [0.2, 0.25) is 5.91 Å². The third kappa shape index (κ3) is 3.76. The van der Waals surface area contributed by atoms with Gasteiger partial charge in [0.25, 0.3) is 11.8 Å². The Bertz CT molecular complexity index is 1440. The smallest absolute Gasteiger partial charge is 0.262 e. The van der Waals surface area contributed by atoms with E-state index in [-0.39, 0.29) is 6.54 Å². The lowest BCUT2D eigenvalue weighted by Gasteiger charge is -2.25. The summed E-state index contributed by atoms with van der Waals surface area (Å²) in [4.78, 5) is 48.1. The Morgan fingerprint density at radius 3 is 2.46 bits per heavy atom. The first-order chi connectivity index (χ1) is 17.0. The van der Waals surface area contributed by atoms with Gasteiger partial charge in [0.15, 0.2) is 0 Å². The summed E-state index contributed by atoms with van der Waals surface area (Å²) in [5.41, 5.74) is 3.81. The molecule has 0 fully saturated rings. The maximum absolute atomic E-state index is 13.1. The van der Waals surface area contributed by atoms with Crippen molar-refractivity contribution in [2.24, 2.45) is 0 Å². The summed E-state index contributed by atoms with van der Waals surface area (Å²) in [5.74, 6) is -1.26. The highest BCUT2D eigenvalue weighted by molar-refractivity contribution is 7.22. The third-order valence-corrected chi connectivity index (χ3v) is 8.71. The lowest BCUT2D eigenvalue weighted by molar-refractivity contribution is -0.116. The number of rotatable bonds is 5. The highest BCUT2D eigenvalue weighted by atomic mass is 32.1. The van der Waals surface area contributed by atoms with E-state index in [1.54, 1.807) is 46.9 Å². The van der Waals surface area contributed by atoms with Crippen molar-refractivity contribution in [2.45, 2.75) is 19.9 Å². The fourth-order valence-corrected chi connectivity index (χ4v) is 7.13. The molecule has 2 aromatic carbocycles. The van der Waals surface area contributed by atoms with Crippen molar-refractivity contribution < 1.29 is 14.4 Å². The van der Waals surface area contributed by atoms with Crippen molar-refractivity contribution in [3.8, 4) is 10.6 Å². The second-order valence-corrected chi connectivity index (χ2v) is 10.7. The fourth-order valence-electron chi connectivity index (χ4n) is 4.71. The van der Waals surface area contributed by atoms with Crippen molar-refractivity contribution in [2.75, 3.05) is 25.0 Å². The molecule has 0 unspecified atom stereocenters. The van der Waals surface area contributed by atoms with Crippen molar-refractivity contribution in [1.29, 1.82) is 0 Å². The van der Waals surface area contributed by atoms with E-state index >= 15 is 0 Å². The molecule has 1 N–H and O–H groups in total. The summed E-state index contributed by atoms with van der Waals surface area (Å²) >= 11 is 3.18. The number of fused-ring (bicyclic) bond motifs is 3. The number of thiazole rings is 1. The lowest BCUT2D eigenvalue weighted by atomic mass is 10.0. The number of para-hydroxylation sites is 1. The number of nitrogens with zero attached hydrogens (tertiary/aromatic N) is 3. The maximum Gasteiger partial charge on any atom is 0.262 e. The van der Waals surface area contributed by atoms with E-state index in [1.807, 2.05) is 18.2 Å². The van der Waals surface area contributed by atoms with Gasteiger partial charge >= 0.3 is 0 Å². The molecule has 0 radical (unpaired) electrons. The second kappa shape index (κ2) is 8.67. The maximum atomic E-state index is 13.1. The Hall–Kier alpha value is -3.40. The van der Waals surface area contributed by atoms with Gasteiger partial charge in [-0.15, -0.1) is 22.7 Å². The zero-order valence-electron chi connectivity index (χ0n) is 19.0. The molecule has 9 heteroatoms. The van der Waals surface area contributed by atoms with Crippen LogP contribution in [0.25, 0.3) is 20.8 Å². The van der Waals surface area contributed by atoms with E-state index < -0.39 is 17.7 Å². The van der Waals surface area contributed by atoms with Gasteiger partial charge in [0.1, 0.15) is 16.6 Å². The topological polar surface area (TPSA) is 82.6 Å². The SMILES string of the molecule is CCN1CCc2c(sc(NC(=O)CN3C(=O)c4ccccc4C3=O)c2-c2nc3ccccc3s2)C1. The number of likely N-dealkylation sites (N-methyl/N-ethyl adjacent to an activating group) is 1. The van der Waals surface area contributed by atoms with Crippen molar-refractivity contribution in [1.82, 2.24) is 14.8 Å². The first-order valence-corrected chi connectivity index (χ1v) is 13.1. The number of carbonyl (C=O) groups excluding carboxylic acids is 3. The molecule has 0 saturated carbocycles. The van der Waals surface area contributed by atoms with Crippen LogP contribution in [0.5, 0.6) is 0 Å². The number of anilines is 1. The second-order valence-electron chi connectivity index (χ2n) is 8.60. The quantitative estimate of drug-likeness (QED) is 0.402. The van der Waals surface area contributed by atoms with Crippen LogP contribution in [0.15, 0.2) is 48.5 Å². The summed E-state index contributed by atoms with van der Waals surface area (Å²) in [6.07, 6.45) is 0.888. The lowest BCUT2D eigenvalue weighted by Crippen LogP contribution is -2.37. The first-order valence-electron chi connectivity index (χ1n) is 11.5. The van der Waals surface area contributed by atoms with E-state index in [1.165, 1.54) is 10.4 Å². The standard InChI is InChI=1S/C26H22N4O3S2/c1-2-29-12-11-17-20(13-29)35-24(22(17)23-27-18-9-5-6-10-19(18)34-23)28-21(31)14-30-25(32)15-7-3-4-8-16(15)26(30)33/h3-10H,2,11-14H2,1H3,(H,28,31). The summed E-state index contributed by atoms with van der Waals surface area (Å²) in [6, 6.07) is 14.7. The van der Waals surface area contributed by atoms with Crippen LogP contribution in [0.1, 0.15) is 38.1 Å². The molecule has 0 atom stereocenters. The minimum absolute atomic E-state index is 0.324. The predicted molar refractivity (Wildman–Crippen MR) is 138 cm³/mol. The molecule has 2 aromatic heterocycles. The highest BCUT2D eigenvalue weighted by Gasteiger charge is 2.36. The molecule has 35 heavy (non-hydrogen) atoms. The Labute approximate surface area is 210 Å². The first kappa shape index (κ1) is 22.1. The molecule has 4 aromatic rings. The van der Waals surface area contributed by atoms with Crippen molar-refractivity contribution in [3.63, 3.8) is 0 Å². The number of aromatic nitrogens is 1. The van der Waals surface area contributed by atoms with E-state index in [4.69, 9.17) is 4.98 Å². The minimum Gasteiger partial charge on any atom is -0.316 e. The number of nitrogens with one attached hydrogen (secondary N) is 1. The van der Waals surface area contributed by atoms with Gasteiger partial charge in [0, 0.05) is 23.5 Å². The largest absolute Gasteiger partial charge is 0.316 e. The number of carbonyl (C=O) groups is 3. The molecule has 176 valence electrons. The van der Waals surface area contributed by atoms with E-state index in [2.05, 4.69) is 23.2 Å². The van der Waals surface area contributed by atoms with Crippen LogP contribution >= 0.6 is 22.7 Å². The Kier molecular flexibility index (Phi) is 5.47. The van der Waals surface area contributed by atoms with Crippen LogP contribution in [0.2, 0.25) is 0 Å². The fraction of sp³-hybridized carbons (Fsp3) is 0.231. The molecular weight excluding hydrogens is 480 g/mol. The number of hydrogen-bond acceptors (Lipinski definition) is 7. The average molecular weight is 503 g/mol. The molecule has 0 spiro atoms. The van der Waals surface area contributed by atoms with Crippen LogP contribution in [0.4, 0.5) is 5.00 Å². The highest BCUT2D eigenvalue weighted by Crippen LogP contribution is 2.45. The van der Waals surface area contributed by atoms with Gasteiger partial charge in [-0.2, -0.15) is 0 Å². The number of hydrogen-bond donors (Lipinski definition) is 1. The van der Waals surface area contributed by atoms with Gasteiger partial charge in [-0.25, -0.2) is 4.98 Å². The summed E-state index contributed by atoms with van der Waals surface area (Å²) < 4.78 is 1.09. The van der Waals surface area contributed by atoms with Crippen LogP contribution in [-0.2, 0) is 17.8 Å². The third-order valence-electron chi connectivity index (χ3n) is 6.52. The number of thiophene rings is 1. The van der Waals surface area contributed by atoms with Crippen LogP contribution in [0.3, 0.4) is 0 Å². The minimum atomic E-state index is -0.434. The molecule has 0 bridgehead atoms. The molecule has 0 saturated heterocycles. The van der Waals surface area contributed by atoms with Crippen molar-refractivity contribution >= 4 is 55.6 Å². The summed E-state index contributed by atoms with van der Waals surface area (Å²) in [7, 11) is 0. The Morgan fingerprint density at radius 2 is 1.74 bits per heavy atom. The Morgan fingerprint density at radius 1 is 1.03 bits per heavy atom. The van der Waals surface area contributed by atoms with Gasteiger partial charge < -0.3 is 5.32 Å². The molecule has 2 aliphatic rings. The predicted octanol–water partition coefficient (Wildman–Crippen LogP) is 4.64. The Balaban J connectivity index is 1.32. The van der Waals surface area contributed by atoms with E-state index in [0.717, 1.165) is 56.7 Å². The van der Waals surface area contributed by atoms with Gasteiger partial charge in [-0.05, 0) is 42.8 Å². The van der Waals surface area contributed by atoms with Crippen LogP contribution in [0, 0.1) is 0 Å².